The van der Waals surface area contributed by atoms with Crippen LogP contribution in [0.5, 0.6) is 0 Å². The Bertz CT molecular complexity index is 568. The highest BCUT2D eigenvalue weighted by Crippen LogP contribution is 1.94. The maximum absolute atomic E-state index is 11.6. The van der Waals surface area contributed by atoms with Crippen LogP contribution in [0.3, 0.4) is 0 Å². The molecule has 2 rings (SSSR count). The Hall–Kier alpha value is -2.60. The Labute approximate surface area is 106 Å². The third-order valence-electron chi connectivity index (χ3n) is 2.24. The highest BCUT2D eigenvalue weighted by Gasteiger charge is 2.02. The van der Waals surface area contributed by atoms with Gasteiger partial charge in [-0.05, 0) is 24.3 Å². The Morgan fingerprint density at radius 1 is 1.11 bits per heavy atom. The zero-order chi connectivity index (χ0) is 12.6. The second kappa shape index (κ2) is 6.21. The van der Waals surface area contributed by atoms with Crippen molar-refractivity contribution in [1.29, 1.82) is 0 Å². The first-order valence-electron chi connectivity index (χ1n) is 5.59. The normalized spacial score (nSPS) is 9.11. The second-order valence-corrected chi connectivity index (χ2v) is 3.57. The van der Waals surface area contributed by atoms with E-state index < -0.39 is 0 Å². The van der Waals surface area contributed by atoms with E-state index in [0.717, 1.165) is 5.56 Å². The largest absolute Gasteiger partial charge is 0.340 e. The fraction of sp³-hybridized carbons (Fsp3) is 0.0667. The Balaban J connectivity index is 1.87. The smallest absolute Gasteiger partial charge is 0.270 e. The van der Waals surface area contributed by atoms with Crippen molar-refractivity contribution in [2.45, 2.75) is 0 Å². The lowest BCUT2D eigenvalue weighted by molar-refractivity contribution is 0.0954. The van der Waals surface area contributed by atoms with E-state index >= 15 is 0 Å². The van der Waals surface area contributed by atoms with Crippen molar-refractivity contribution < 1.29 is 4.79 Å². The summed E-state index contributed by atoms with van der Waals surface area (Å²) in [6, 6.07) is 14.9. The third-order valence-corrected chi connectivity index (χ3v) is 2.24. The van der Waals surface area contributed by atoms with E-state index in [2.05, 4.69) is 22.1 Å². The molecule has 1 aromatic heterocycles. The fourth-order valence-electron chi connectivity index (χ4n) is 1.38. The van der Waals surface area contributed by atoms with Gasteiger partial charge in [-0.25, -0.2) is 0 Å². The zero-order valence-electron chi connectivity index (χ0n) is 9.76. The number of pyridine rings is 1. The molecule has 0 atom stereocenters. The van der Waals surface area contributed by atoms with Gasteiger partial charge in [0.2, 0.25) is 0 Å². The molecule has 0 bridgehead atoms. The number of aromatic nitrogens is 1. The summed E-state index contributed by atoms with van der Waals surface area (Å²) in [5, 5.41) is 2.69. The van der Waals surface area contributed by atoms with Crippen LogP contribution in [0.4, 0.5) is 0 Å². The van der Waals surface area contributed by atoms with E-state index in [1.807, 2.05) is 30.3 Å². The van der Waals surface area contributed by atoms with Gasteiger partial charge in [0.25, 0.3) is 5.91 Å². The summed E-state index contributed by atoms with van der Waals surface area (Å²) < 4.78 is 0. The minimum Gasteiger partial charge on any atom is -0.340 e. The maximum atomic E-state index is 11.6. The number of amides is 1. The predicted octanol–water partition coefficient (Wildman–Crippen LogP) is 1.86. The molecule has 0 aliphatic heterocycles. The van der Waals surface area contributed by atoms with Gasteiger partial charge in [0.05, 0.1) is 6.54 Å². The van der Waals surface area contributed by atoms with Crippen molar-refractivity contribution >= 4 is 5.91 Å². The van der Waals surface area contributed by atoms with Crippen molar-refractivity contribution in [2.24, 2.45) is 0 Å². The molecular formula is C15H12N2O. The van der Waals surface area contributed by atoms with E-state index in [1.54, 1.807) is 24.4 Å². The lowest BCUT2D eigenvalue weighted by Gasteiger charge is -1.98. The second-order valence-electron chi connectivity index (χ2n) is 3.57. The van der Waals surface area contributed by atoms with Crippen molar-refractivity contribution in [3.05, 3.63) is 66.0 Å². The summed E-state index contributed by atoms with van der Waals surface area (Å²) in [4.78, 5) is 15.6. The Morgan fingerprint density at radius 3 is 2.61 bits per heavy atom. The topological polar surface area (TPSA) is 42.0 Å². The molecule has 88 valence electrons. The lowest BCUT2D eigenvalue weighted by Crippen LogP contribution is -2.24. The van der Waals surface area contributed by atoms with Crippen LogP contribution in [0.2, 0.25) is 0 Å². The quantitative estimate of drug-likeness (QED) is 0.809. The van der Waals surface area contributed by atoms with E-state index in [1.165, 1.54) is 0 Å². The van der Waals surface area contributed by atoms with E-state index in [4.69, 9.17) is 0 Å². The van der Waals surface area contributed by atoms with Gasteiger partial charge in [-0.1, -0.05) is 36.1 Å². The average Bonchev–Trinajstić information content (AvgIpc) is 2.45. The van der Waals surface area contributed by atoms with Crippen LogP contribution in [0.25, 0.3) is 0 Å². The number of hydrogen-bond donors (Lipinski definition) is 1. The van der Waals surface area contributed by atoms with Crippen molar-refractivity contribution in [1.82, 2.24) is 10.3 Å². The third kappa shape index (κ3) is 3.46. The zero-order valence-corrected chi connectivity index (χ0v) is 9.76. The Morgan fingerprint density at radius 2 is 1.89 bits per heavy atom. The van der Waals surface area contributed by atoms with Gasteiger partial charge in [0, 0.05) is 11.8 Å². The molecule has 3 nitrogen and oxygen atoms in total. The first-order chi connectivity index (χ1) is 8.86. The SMILES string of the molecule is O=C(NCC#Cc1ccccc1)c1ccccn1. The summed E-state index contributed by atoms with van der Waals surface area (Å²) in [5.74, 6) is 5.65. The van der Waals surface area contributed by atoms with Crippen LogP contribution in [0, 0.1) is 11.8 Å². The summed E-state index contributed by atoms with van der Waals surface area (Å²) >= 11 is 0. The maximum Gasteiger partial charge on any atom is 0.270 e. The minimum atomic E-state index is -0.210. The molecule has 0 aliphatic rings. The molecule has 1 aromatic carbocycles. The first-order valence-corrected chi connectivity index (χ1v) is 5.59. The molecule has 1 amide bonds. The predicted molar refractivity (Wildman–Crippen MR) is 69.9 cm³/mol. The minimum absolute atomic E-state index is 0.210. The summed E-state index contributed by atoms with van der Waals surface area (Å²) in [6.07, 6.45) is 1.59. The van der Waals surface area contributed by atoms with Gasteiger partial charge in [-0.3, -0.25) is 9.78 Å². The first kappa shape index (κ1) is 11.9. The molecule has 18 heavy (non-hydrogen) atoms. The molecule has 3 heteroatoms. The molecule has 1 heterocycles. The average molecular weight is 236 g/mol. The molecule has 0 radical (unpaired) electrons. The number of carbonyl (C=O) groups is 1. The summed E-state index contributed by atoms with van der Waals surface area (Å²) in [6.45, 7) is 0.310. The molecule has 0 saturated carbocycles. The lowest BCUT2D eigenvalue weighted by atomic mass is 10.2. The number of nitrogens with zero attached hydrogens (tertiary/aromatic N) is 1. The van der Waals surface area contributed by atoms with Gasteiger partial charge in [-0.2, -0.15) is 0 Å². The van der Waals surface area contributed by atoms with Crippen LogP contribution in [0.15, 0.2) is 54.7 Å². The highest BCUT2D eigenvalue weighted by atomic mass is 16.1. The number of hydrogen-bond acceptors (Lipinski definition) is 2. The molecule has 0 spiro atoms. The number of benzene rings is 1. The number of rotatable bonds is 2. The van der Waals surface area contributed by atoms with Crippen LogP contribution in [-0.2, 0) is 0 Å². The van der Waals surface area contributed by atoms with Crippen molar-refractivity contribution in [3.63, 3.8) is 0 Å². The van der Waals surface area contributed by atoms with E-state index in [-0.39, 0.29) is 5.91 Å². The molecule has 0 fully saturated rings. The molecule has 0 saturated heterocycles. The van der Waals surface area contributed by atoms with Crippen LogP contribution in [0.1, 0.15) is 16.1 Å². The van der Waals surface area contributed by atoms with Crippen molar-refractivity contribution in [2.75, 3.05) is 6.54 Å². The molecule has 0 unspecified atom stereocenters. The molecule has 1 N–H and O–H groups in total. The summed E-state index contributed by atoms with van der Waals surface area (Å²) in [5.41, 5.74) is 1.34. The highest BCUT2D eigenvalue weighted by molar-refractivity contribution is 5.92. The standard InChI is InChI=1S/C15H12N2O/c18-15(14-10-4-5-11-16-14)17-12-6-9-13-7-2-1-3-8-13/h1-5,7-8,10-11H,12H2,(H,17,18). The number of carbonyl (C=O) groups excluding carboxylic acids is 1. The van der Waals surface area contributed by atoms with Gasteiger partial charge in [0.1, 0.15) is 5.69 Å². The monoisotopic (exact) mass is 236 g/mol. The van der Waals surface area contributed by atoms with Gasteiger partial charge >= 0.3 is 0 Å². The summed E-state index contributed by atoms with van der Waals surface area (Å²) in [7, 11) is 0. The van der Waals surface area contributed by atoms with E-state index in [9.17, 15) is 4.79 Å². The van der Waals surface area contributed by atoms with Gasteiger partial charge in [-0.15, -0.1) is 0 Å². The molecule has 2 aromatic rings. The fourth-order valence-corrected chi connectivity index (χ4v) is 1.38. The van der Waals surface area contributed by atoms with Crippen LogP contribution < -0.4 is 5.32 Å². The van der Waals surface area contributed by atoms with Gasteiger partial charge < -0.3 is 5.32 Å². The van der Waals surface area contributed by atoms with Crippen LogP contribution >= 0.6 is 0 Å². The number of nitrogens with one attached hydrogen (secondary N) is 1. The van der Waals surface area contributed by atoms with Crippen LogP contribution in [-0.4, -0.2) is 17.4 Å². The van der Waals surface area contributed by atoms with E-state index in [0.29, 0.717) is 12.2 Å². The van der Waals surface area contributed by atoms with Gasteiger partial charge in [0.15, 0.2) is 0 Å². The Kier molecular flexibility index (Phi) is 4.10. The molecular weight excluding hydrogens is 224 g/mol. The molecule has 0 aliphatic carbocycles. The van der Waals surface area contributed by atoms with Crippen molar-refractivity contribution in [3.8, 4) is 11.8 Å².